The summed E-state index contributed by atoms with van der Waals surface area (Å²) in [6.45, 7) is 3.62. The second-order valence-corrected chi connectivity index (χ2v) is 7.34. The summed E-state index contributed by atoms with van der Waals surface area (Å²) in [5, 5.41) is 0. The van der Waals surface area contributed by atoms with E-state index < -0.39 is 0 Å². The van der Waals surface area contributed by atoms with Gasteiger partial charge in [0, 0.05) is 0 Å². The molecule has 0 unspecified atom stereocenters. The molecule has 0 radical (unpaired) electrons. The van der Waals surface area contributed by atoms with Crippen molar-refractivity contribution >= 4 is 49.9 Å². The van der Waals surface area contributed by atoms with Crippen molar-refractivity contribution in [2.75, 3.05) is 0 Å². The molecule has 0 nitrogen and oxygen atoms in total. The van der Waals surface area contributed by atoms with Crippen LogP contribution >= 0.6 is 0 Å². The maximum absolute atomic E-state index is 3.62. The van der Waals surface area contributed by atoms with Gasteiger partial charge in [0.2, 0.25) is 0 Å². The Morgan fingerprint density at radius 1 is 2.00 bits per heavy atom. The van der Waals surface area contributed by atoms with E-state index in [1.54, 1.807) is 0 Å². The van der Waals surface area contributed by atoms with Gasteiger partial charge >= 0.3 is 68.6 Å². The van der Waals surface area contributed by atoms with E-state index in [0.29, 0.717) is 2.20 Å². The Balaban J connectivity index is 2.40. The molecule has 0 N–H and O–H groups in total. The van der Waals surface area contributed by atoms with Gasteiger partial charge in [-0.1, -0.05) is 0 Å². The first kappa shape index (κ1) is 6.59. The Labute approximate surface area is 67.1 Å². The van der Waals surface area contributed by atoms with Gasteiger partial charge in [-0.2, -0.15) is 0 Å². The zero-order valence-corrected chi connectivity index (χ0v) is 8.24. The molecule has 0 bridgehead atoms. The minimum absolute atomic E-state index is 0.483. The van der Waals surface area contributed by atoms with Crippen molar-refractivity contribution in [3.63, 3.8) is 0 Å². The molecule has 0 atom stereocenters. The standard InChI is InChI=1S/C3H7Si.K/c1-2-3-4;/h2H,1,3-4H2;. The third-order valence-electron chi connectivity index (χ3n) is 0.493. The van der Waals surface area contributed by atoms with Crippen LogP contribution in [0.2, 0.25) is 6.04 Å². The van der Waals surface area contributed by atoms with Crippen molar-refractivity contribution in [3.05, 3.63) is 12.7 Å². The van der Waals surface area contributed by atoms with Crippen molar-refractivity contribution < 1.29 is 0 Å². The van der Waals surface area contributed by atoms with Gasteiger partial charge in [0.25, 0.3) is 0 Å². The summed E-state index contributed by atoms with van der Waals surface area (Å²) < 4.78 is 0.483. The molecule has 0 aliphatic rings. The zero-order valence-electron chi connectivity index (χ0n) is 3.70. The van der Waals surface area contributed by atoms with E-state index in [2.05, 4.69) is 6.58 Å². The molecule has 0 fully saturated rings. The van der Waals surface area contributed by atoms with Gasteiger partial charge in [0.15, 0.2) is 0 Å². The normalized spacial score (nSPS) is 10.0. The van der Waals surface area contributed by atoms with Gasteiger partial charge in [-0.3, -0.25) is 0 Å². The average molecular weight is 110 g/mol. The molecule has 5 heavy (non-hydrogen) atoms. The fraction of sp³-hybridized carbons (Fsp3) is 0.333. The van der Waals surface area contributed by atoms with Crippen LogP contribution in [0.5, 0.6) is 0 Å². The molecular weight excluding hydrogens is 103 g/mol. The molecule has 2 heteroatoms. The second-order valence-electron chi connectivity index (χ2n) is 1.08. The zero-order chi connectivity index (χ0) is 4.12. The monoisotopic (exact) mass is 110 g/mol. The fourth-order valence-electron chi connectivity index (χ4n) is 0.204. The molecule has 0 spiro atoms. The predicted octanol–water partition coefficient (Wildman–Crippen LogP) is -0.157. The molecule has 0 amide bonds. The van der Waals surface area contributed by atoms with E-state index in [-0.39, 0.29) is 0 Å². The van der Waals surface area contributed by atoms with Crippen LogP contribution in [0, 0.1) is 0 Å². The van der Waals surface area contributed by atoms with Gasteiger partial charge in [0.05, 0.1) is 0 Å². The summed E-state index contributed by atoms with van der Waals surface area (Å²) in [5.41, 5.74) is 0. The van der Waals surface area contributed by atoms with Gasteiger partial charge < -0.3 is 0 Å². The van der Waals surface area contributed by atoms with Crippen molar-refractivity contribution in [3.8, 4) is 0 Å². The van der Waals surface area contributed by atoms with Crippen LogP contribution in [0.4, 0.5) is 0 Å². The van der Waals surface area contributed by atoms with Crippen molar-refractivity contribution in [1.82, 2.24) is 0 Å². The Kier molecular flexibility index (Phi) is 7.38. The van der Waals surface area contributed by atoms with E-state index in [1.165, 1.54) is 53.7 Å². The second kappa shape index (κ2) is 5.59. The van der Waals surface area contributed by atoms with Gasteiger partial charge in [0.1, 0.15) is 0 Å². The van der Waals surface area contributed by atoms with E-state index in [1.807, 2.05) is 6.08 Å². The third-order valence-corrected chi connectivity index (χ3v) is 4.18. The topological polar surface area (TPSA) is 0 Å². The SMILES string of the molecule is C=CC[SiH2][K]. The summed E-state index contributed by atoms with van der Waals surface area (Å²) in [5.74, 6) is 0. The summed E-state index contributed by atoms with van der Waals surface area (Å²) in [4.78, 5) is 0. The number of allylic oxidation sites excluding steroid dienone is 1. The van der Waals surface area contributed by atoms with Crippen molar-refractivity contribution in [2.45, 2.75) is 6.04 Å². The molecule has 24 valence electrons. The molecule has 0 rings (SSSR count). The molecule has 0 saturated heterocycles. The average Bonchev–Trinajstić information content (AvgIpc) is 1.41. The van der Waals surface area contributed by atoms with Crippen LogP contribution < -0.4 is 0 Å². The summed E-state index contributed by atoms with van der Waals surface area (Å²) in [6, 6.07) is 1.38. The fourth-order valence-corrected chi connectivity index (χ4v) is 2.52. The summed E-state index contributed by atoms with van der Waals surface area (Å²) >= 11 is 1.18. The van der Waals surface area contributed by atoms with Crippen LogP contribution in [-0.4, -0.2) is 49.9 Å². The molecule has 0 saturated carbocycles. The van der Waals surface area contributed by atoms with Crippen LogP contribution in [0.25, 0.3) is 0 Å². The van der Waals surface area contributed by atoms with Crippen LogP contribution in [0.3, 0.4) is 0 Å². The molecule has 0 aliphatic carbocycles. The molecule has 0 aliphatic heterocycles. The van der Waals surface area contributed by atoms with E-state index in [0.717, 1.165) is 0 Å². The number of hydrogen-bond acceptors (Lipinski definition) is 0. The third kappa shape index (κ3) is 5.59. The summed E-state index contributed by atoms with van der Waals surface area (Å²) in [6.07, 6.45) is 2.04. The van der Waals surface area contributed by atoms with Gasteiger partial charge in [-0.25, -0.2) is 0 Å². The first-order chi connectivity index (χ1) is 2.41. The Bertz CT molecular complexity index is 28.1. The van der Waals surface area contributed by atoms with Crippen molar-refractivity contribution in [1.29, 1.82) is 0 Å². The van der Waals surface area contributed by atoms with E-state index in [4.69, 9.17) is 0 Å². The van der Waals surface area contributed by atoms with Crippen LogP contribution in [0.1, 0.15) is 0 Å². The van der Waals surface area contributed by atoms with Gasteiger partial charge in [-0.05, 0) is 0 Å². The minimum atomic E-state index is 0.483. The quantitative estimate of drug-likeness (QED) is 0.342. The number of rotatable bonds is 2. The Hall–Kier alpha value is 1.59. The molecule has 0 aromatic carbocycles. The maximum atomic E-state index is 3.62. The molecule has 0 heterocycles. The Morgan fingerprint density at radius 3 is 2.60 bits per heavy atom. The van der Waals surface area contributed by atoms with E-state index >= 15 is 0 Å². The Morgan fingerprint density at radius 2 is 2.60 bits per heavy atom. The summed E-state index contributed by atoms with van der Waals surface area (Å²) in [7, 11) is 0. The van der Waals surface area contributed by atoms with E-state index in [9.17, 15) is 0 Å². The first-order valence-corrected chi connectivity index (χ1v) is 11.1. The molecular formula is C3H7KSi. The van der Waals surface area contributed by atoms with Crippen molar-refractivity contribution in [2.24, 2.45) is 0 Å². The number of hydrogen-bond donors (Lipinski definition) is 0. The predicted molar refractivity (Wildman–Crippen MR) is 29.3 cm³/mol. The first-order valence-electron chi connectivity index (χ1n) is 2.02. The molecule has 0 aromatic rings. The van der Waals surface area contributed by atoms with Crippen LogP contribution in [0.15, 0.2) is 12.7 Å². The van der Waals surface area contributed by atoms with Gasteiger partial charge in [-0.15, -0.1) is 0 Å². The molecule has 0 aromatic heterocycles. The van der Waals surface area contributed by atoms with Crippen LogP contribution in [-0.2, 0) is 0 Å².